The summed E-state index contributed by atoms with van der Waals surface area (Å²) >= 11 is 0. The maximum atomic E-state index is 13.4. The number of piperidine rings is 1. The average molecular weight is 368 g/mol. The molecule has 0 aliphatic carbocycles. The molecule has 3 heterocycles. The van der Waals surface area contributed by atoms with Gasteiger partial charge in [-0.25, -0.2) is 4.39 Å². The minimum absolute atomic E-state index is 0.149. The van der Waals surface area contributed by atoms with E-state index in [1.165, 1.54) is 6.07 Å². The maximum absolute atomic E-state index is 13.4. The monoisotopic (exact) mass is 368 g/mol. The van der Waals surface area contributed by atoms with Gasteiger partial charge in [-0.1, -0.05) is 12.1 Å². The lowest BCUT2D eigenvalue weighted by atomic mass is 9.98. The van der Waals surface area contributed by atoms with Crippen molar-refractivity contribution < 1.29 is 13.9 Å². The van der Waals surface area contributed by atoms with E-state index in [0.29, 0.717) is 18.4 Å². The van der Waals surface area contributed by atoms with Crippen molar-refractivity contribution in [2.45, 2.75) is 63.6 Å². The van der Waals surface area contributed by atoms with Gasteiger partial charge < -0.3 is 9.64 Å². The van der Waals surface area contributed by atoms with E-state index in [0.717, 1.165) is 37.0 Å². The summed E-state index contributed by atoms with van der Waals surface area (Å²) in [5.74, 6) is 0.816. The number of hydrogen-bond acceptors (Lipinski definition) is 3. The first-order valence-corrected chi connectivity index (χ1v) is 9.73. The fraction of sp³-hybridized carbons (Fsp3) is 0.455. The summed E-state index contributed by atoms with van der Waals surface area (Å²) in [5, 5.41) is 0. The topological polar surface area (TPSA) is 42.4 Å². The largest absolute Gasteiger partial charge is 0.489 e. The van der Waals surface area contributed by atoms with Gasteiger partial charge in [-0.15, -0.1) is 0 Å². The molecular weight excluding hydrogens is 343 g/mol. The van der Waals surface area contributed by atoms with Crippen LogP contribution in [0, 0.1) is 12.7 Å². The van der Waals surface area contributed by atoms with Crippen molar-refractivity contribution in [1.29, 1.82) is 0 Å². The number of aromatic nitrogens is 1. The SMILES string of the molecule is Cc1cc(CCC(=O)N2C3CCC2CC(Oc2cccnc2)C3)ccc1F. The highest BCUT2D eigenvalue weighted by Crippen LogP contribution is 2.37. The number of fused-ring (bicyclic) bond motifs is 2. The van der Waals surface area contributed by atoms with Crippen molar-refractivity contribution in [2.24, 2.45) is 0 Å². The smallest absolute Gasteiger partial charge is 0.223 e. The van der Waals surface area contributed by atoms with Gasteiger partial charge >= 0.3 is 0 Å². The molecule has 5 heteroatoms. The number of aryl methyl sites for hydroxylation is 2. The van der Waals surface area contributed by atoms with Gasteiger partial charge in [0.05, 0.1) is 6.20 Å². The summed E-state index contributed by atoms with van der Waals surface area (Å²) in [4.78, 5) is 19.0. The van der Waals surface area contributed by atoms with Crippen molar-refractivity contribution in [2.75, 3.05) is 0 Å². The number of amides is 1. The summed E-state index contributed by atoms with van der Waals surface area (Å²) in [6.07, 6.45) is 8.63. The summed E-state index contributed by atoms with van der Waals surface area (Å²) < 4.78 is 19.5. The molecule has 2 atom stereocenters. The van der Waals surface area contributed by atoms with Gasteiger partial charge in [0.2, 0.25) is 5.91 Å². The maximum Gasteiger partial charge on any atom is 0.223 e. The Balaban J connectivity index is 1.34. The predicted molar refractivity (Wildman–Crippen MR) is 101 cm³/mol. The number of nitrogens with zero attached hydrogens (tertiary/aromatic N) is 2. The third-order valence-electron chi connectivity index (χ3n) is 5.76. The number of pyridine rings is 1. The minimum Gasteiger partial charge on any atom is -0.489 e. The molecule has 1 amide bonds. The molecule has 142 valence electrons. The Labute approximate surface area is 159 Å². The van der Waals surface area contributed by atoms with Gasteiger partial charge in [0.15, 0.2) is 0 Å². The first-order chi connectivity index (χ1) is 13.1. The fourth-order valence-electron chi connectivity index (χ4n) is 4.48. The Hall–Kier alpha value is -2.43. The summed E-state index contributed by atoms with van der Waals surface area (Å²) in [7, 11) is 0. The van der Waals surface area contributed by atoms with Gasteiger partial charge in [0, 0.05) is 37.5 Å². The van der Waals surface area contributed by atoms with Crippen LogP contribution in [0.15, 0.2) is 42.7 Å². The molecule has 4 nitrogen and oxygen atoms in total. The van der Waals surface area contributed by atoms with Gasteiger partial charge in [-0.3, -0.25) is 9.78 Å². The molecule has 2 saturated heterocycles. The van der Waals surface area contributed by atoms with Crippen LogP contribution in [0.5, 0.6) is 5.75 Å². The van der Waals surface area contributed by atoms with Crippen LogP contribution in [-0.2, 0) is 11.2 Å². The lowest BCUT2D eigenvalue weighted by molar-refractivity contribution is -0.137. The first kappa shape index (κ1) is 18.0. The van der Waals surface area contributed by atoms with E-state index in [2.05, 4.69) is 9.88 Å². The summed E-state index contributed by atoms with van der Waals surface area (Å²) in [5.41, 5.74) is 1.65. The fourth-order valence-corrected chi connectivity index (χ4v) is 4.48. The van der Waals surface area contributed by atoms with E-state index in [4.69, 9.17) is 4.74 Å². The second kappa shape index (κ2) is 7.67. The van der Waals surface area contributed by atoms with Crippen LogP contribution in [0.3, 0.4) is 0 Å². The molecule has 1 aromatic carbocycles. The zero-order valence-electron chi connectivity index (χ0n) is 15.6. The van der Waals surface area contributed by atoms with E-state index in [9.17, 15) is 9.18 Å². The molecule has 0 N–H and O–H groups in total. The Morgan fingerprint density at radius 2 is 2.04 bits per heavy atom. The van der Waals surface area contributed by atoms with Crippen molar-refractivity contribution >= 4 is 5.91 Å². The van der Waals surface area contributed by atoms with Gasteiger partial charge in [-0.05, 0) is 55.5 Å². The molecule has 2 bridgehead atoms. The Morgan fingerprint density at radius 1 is 1.26 bits per heavy atom. The lowest BCUT2D eigenvalue weighted by Gasteiger charge is -2.39. The van der Waals surface area contributed by atoms with Crippen molar-refractivity contribution in [3.05, 3.63) is 59.7 Å². The number of carbonyl (C=O) groups excluding carboxylic acids is 1. The second-order valence-electron chi connectivity index (χ2n) is 7.67. The van der Waals surface area contributed by atoms with E-state index in [-0.39, 0.29) is 29.9 Å². The van der Waals surface area contributed by atoms with Crippen LogP contribution in [0.25, 0.3) is 0 Å². The molecule has 0 radical (unpaired) electrons. The Kier molecular flexibility index (Phi) is 5.10. The molecular formula is C22H25FN2O2. The molecule has 0 spiro atoms. The minimum atomic E-state index is -0.196. The number of carbonyl (C=O) groups is 1. The molecule has 1 aromatic heterocycles. The Morgan fingerprint density at radius 3 is 2.70 bits per heavy atom. The van der Waals surface area contributed by atoms with Gasteiger partial charge in [0.1, 0.15) is 17.7 Å². The van der Waals surface area contributed by atoms with Crippen LogP contribution in [0.2, 0.25) is 0 Å². The number of benzene rings is 1. The molecule has 27 heavy (non-hydrogen) atoms. The predicted octanol–water partition coefficient (Wildman–Crippen LogP) is 4.06. The summed E-state index contributed by atoms with van der Waals surface area (Å²) in [6.45, 7) is 1.76. The molecule has 2 aromatic rings. The molecule has 2 unspecified atom stereocenters. The Bertz CT molecular complexity index is 797. The van der Waals surface area contributed by atoms with Crippen LogP contribution in [0.4, 0.5) is 4.39 Å². The molecule has 2 aliphatic rings. The third kappa shape index (κ3) is 3.97. The summed E-state index contributed by atoms with van der Waals surface area (Å²) in [6, 6.07) is 9.45. The average Bonchev–Trinajstić information content (AvgIpc) is 2.94. The van der Waals surface area contributed by atoms with Crippen LogP contribution in [0.1, 0.15) is 43.2 Å². The number of hydrogen-bond donors (Lipinski definition) is 0. The normalized spacial score (nSPS) is 24.1. The van der Waals surface area contributed by atoms with Gasteiger partial charge in [-0.2, -0.15) is 0 Å². The van der Waals surface area contributed by atoms with Gasteiger partial charge in [0.25, 0.3) is 0 Å². The molecule has 2 aliphatic heterocycles. The highest BCUT2D eigenvalue weighted by Gasteiger charge is 2.43. The third-order valence-corrected chi connectivity index (χ3v) is 5.76. The van der Waals surface area contributed by atoms with E-state index >= 15 is 0 Å². The van der Waals surface area contributed by atoms with E-state index in [1.54, 1.807) is 25.4 Å². The number of rotatable bonds is 5. The number of ether oxygens (including phenoxy) is 1. The number of halogens is 1. The van der Waals surface area contributed by atoms with Crippen molar-refractivity contribution in [3.8, 4) is 5.75 Å². The van der Waals surface area contributed by atoms with Crippen LogP contribution >= 0.6 is 0 Å². The zero-order chi connectivity index (χ0) is 18.8. The van der Waals surface area contributed by atoms with E-state index in [1.807, 2.05) is 18.2 Å². The first-order valence-electron chi connectivity index (χ1n) is 9.73. The van der Waals surface area contributed by atoms with Crippen molar-refractivity contribution in [1.82, 2.24) is 9.88 Å². The molecule has 0 saturated carbocycles. The molecule has 4 rings (SSSR count). The second-order valence-corrected chi connectivity index (χ2v) is 7.67. The zero-order valence-corrected chi connectivity index (χ0v) is 15.6. The molecule has 2 fully saturated rings. The highest BCUT2D eigenvalue weighted by atomic mass is 19.1. The van der Waals surface area contributed by atoms with E-state index < -0.39 is 0 Å². The van der Waals surface area contributed by atoms with Crippen LogP contribution in [-0.4, -0.2) is 34.0 Å². The van der Waals surface area contributed by atoms with Crippen LogP contribution < -0.4 is 4.74 Å². The standard InChI is InChI=1S/C22H25FN2O2/c1-15-11-16(4-8-21(15)23)5-9-22(26)25-17-6-7-18(25)13-20(12-17)27-19-3-2-10-24-14-19/h2-4,8,10-11,14,17-18,20H,5-7,9,12-13H2,1H3. The lowest BCUT2D eigenvalue weighted by Crippen LogP contribution is -2.49. The quantitative estimate of drug-likeness (QED) is 0.799. The van der Waals surface area contributed by atoms with Crippen molar-refractivity contribution in [3.63, 3.8) is 0 Å². The highest BCUT2D eigenvalue weighted by molar-refractivity contribution is 5.77.